The number of hydrogen-bond donors (Lipinski definition) is 3. The van der Waals surface area contributed by atoms with Crippen LogP contribution in [0.1, 0.15) is 97.9 Å². The number of benzene rings is 1. The number of aliphatic hydroxyl groups excluding tert-OH is 1. The Morgan fingerprint density at radius 2 is 1.68 bits per heavy atom. The highest BCUT2D eigenvalue weighted by Gasteiger charge is 2.31. The van der Waals surface area contributed by atoms with E-state index in [1.807, 2.05) is 17.9 Å². The third-order valence-electron chi connectivity index (χ3n) is 7.60. The summed E-state index contributed by atoms with van der Waals surface area (Å²) in [6.45, 7) is 8.63. The van der Waals surface area contributed by atoms with E-state index in [4.69, 9.17) is 0 Å². The van der Waals surface area contributed by atoms with Crippen molar-refractivity contribution >= 4 is 11.8 Å². The molecule has 3 N–H and O–H groups in total. The first-order chi connectivity index (χ1) is 16.4. The van der Waals surface area contributed by atoms with Crippen molar-refractivity contribution in [1.29, 1.82) is 0 Å². The molecule has 3 rings (SSSR count). The van der Waals surface area contributed by atoms with Crippen LogP contribution in [-0.4, -0.2) is 60.1 Å². The Morgan fingerprint density at radius 1 is 1.00 bits per heavy atom. The van der Waals surface area contributed by atoms with Crippen molar-refractivity contribution in [2.24, 2.45) is 11.8 Å². The van der Waals surface area contributed by atoms with Crippen LogP contribution in [0.15, 0.2) is 18.2 Å². The number of hydrogen-bond acceptors (Lipinski definition) is 4. The summed E-state index contributed by atoms with van der Waals surface area (Å²) in [7, 11) is 0. The Bertz CT molecular complexity index is 792. The number of nitrogens with one attached hydrogen (secondary N) is 2. The fourth-order valence-corrected chi connectivity index (χ4v) is 5.75. The van der Waals surface area contributed by atoms with Crippen LogP contribution in [0, 0.1) is 18.8 Å². The molecule has 6 nitrogen and oxygen atoms in total. The highest BCUT2D eigenvalue weighted by Crippen LogP contribution is 2.34. The van der Waals surface area contributed by atoms with E-state index in [9.17, 15) is 14.7 Å². The quantitative estimate of drug-likeness (QED) is 0.475. The van der Waals surface area contributed by atoms with E-state index in [1.54, 1.807) is 12.1 Å². The van der Waals surface area contributed by atoms with Crippen LogP contribution in [0.4, 0.5) is 0 Å². The number of nitrogens with zero attached hydrogens (tertiary/aromatic N) is 1. The van der Waals surface area contributed by atoms with Gasteiger partial charge in [-0.05, 0) is 74.8 Å². The lowest BCUT2D eigenvalue weighted by Gasteiger charge is -2.38. The SMILES string of the molecule is CCCN(CCC)C(=O)c1cc(C)cc(C(=O)NCC(O)C2CCC(C3CCCCC3)CN2)c1. The van der Waals surface area contributed by atoms with Crippen molar-refractivity contribution in [2.75, 3.05) is 26.2 Å². The van der Waals surface area contributed by atoms with Crippen LogP contribution in [0.3, 0.4) is 0 Å². The molecule has 34 heavy (non-hydrogen) atoms. The van der Waals surface area contributed by atoms with Crippen molar-refractivity contribution in [3.63, 3.8) is 0 Å². The lowest BCUT2D eigenvalue weighted by Crippen LogP contribution is -2.51. The molecule has 2 aliphatic rings. The molecule has 1 saturated heterocycles. The summed E-state index contributed by atoms with van der Waals surface area (Å²) in [5.41, 5.74) is 1.90. The van der Waals surface area contributed by atoms with Crippen LogP contribution >= 0.6 is 0 Å². The van der Waals surface area contributed by atoms with Crippen LogP contribution < -0.4 is 10.6 Å². The molecule has 1 heterocycles. The molecule has 2 amide bonds. The second-order valence-electron chi connectivity index (χ2n) is 10.4. The van der Waals surface area contributed by atoms with Gasteiger partial charge in [0.25, 0.3) is 11.8 Å². The Labute approximate surface area is 205 Å². The topological polar surface area (TPSA) is 81.7 Å². The number of piperidine rings is 1. The van der Waals surface area contributed by atoms with Gasteiger partial charge >= 0.3 is 0 Å². The van der Waals surface area contributed by atoms with Crippen molar-refractivity contribution < 1.29 is 14.7 Å². The zero-order valence-corrected chi connectivity index (χ0v) is 21.4. The maximum absolute atomic E-state index is 13.0. The minimum atomic E-state index is -0.619. The van der Waals surface area contributed by atoms with E-state index in [0.717, 1.165) is 49.6 Å². The lowest BCUT2D eigenvalue weighted by molar-refractivity contribution is 0.0754. The minimum absolute atomic E-state index is 0.0198. The number of aliphatic hydroxyl groups is 1. The second kappa shape index (κ2) is 13.2. The first-order valence-corrected chi connectivity index (χ1v) is 13.5. The second-order valence-corrected chi connectivity index (χ2v) is 10.4. The van der Waals surface area contributed by atoms with Gasteiger partial charge in [0, 0.05) is 36.8 Å². The van der Waals surface area contributed by atoms with E-state index < -0.39 is 6.10 Å². The largest absolute Gasteiger partial charge is 0.390 e. The summed E-state index contributed by atoms with van der Waals surface area (Å²) in [5, 5.41) is 17.2. The summed E-state index contributed by atoms with van der Waals surface area (Å²) in [4.78, 5) is 27.7. The first-order valence-electron chi connectivity index (χ1n) is 13.5. The van der Waals surface area contributed by atoms with Crippen LogP contribution in [-0.2, 0) is 0 Å². The summed E-state index contributed by atoms with van der Waals surface area (Å²) in [5.74, 6) is 1.29. The number of carbonyl (C=O) groups is 2. The van der Waals surface area contributed by atoms with Crippen molar-refractivity contribution in [3.05, 3.63) is 34.9 Å². The number of rotatable bonds is 10. The van der Waals surface area contributed by atoms with E-state index in [0.29, 0.717) is 24.2 Å². The molecule has 3 atom stereocenters. The van der Waals surface area contributed by atoms with Gasteiger partial charge in [0.2, 0.25) is 0 Å². The molecule has 1 aliphatic heterocycles. The minimum Gasteiger partial charge on any atom is -0.390 e. The van der Waals surface area contributed by atoms with Crippen molar-refractivity contribution in [1.82, 2.24) is 15.5 Å². The van der Waals surface area contributed by atoms with Gasteiger partial charge in [-0.25, -0.2) is 0 Å². The van der Waals surface area contributed by atoms with Gasteiger partial charge in [-0.2, -0.15) is 0 Å². The highest BCUT2D eigenvalue weighted by molar-refractivity contribution is 6.00. The number of amides is 2. The predicted octanol–water partition coefficient (Wildman–Crippen LogP) is 4.30. The third-order valence-corrected chi connectivity index (χ3v) is 7.60. The molecule has 1 aromatic rings. The Balaban J connectivity index is 1.52. The van der Waals surface area contributed by atoms with Gasteiger partial charge < -0.3 is 20.6 Å². The van der Waals surface area contributed by atoms with Crippen molar-refractivity contribution in [2.45, 2.75) is 90.7 Å². The maximum atomic E-state index is 13.0. The van der Waals surface area contributed by atoms with E-state index in [-0.39, 0.29) is 24.4 Å². The molecule has 6 heteroatoms. The molecule has 0 radical (unpaired) electrons. The average molecular weight is 472 g/mol. The number of aryl methyl sites for hydroxylation is 1. The van der Waals surface area contributed by atoms with E-state index >= 15 is 0 Å². The Kier molecular flexibility index (Phi) is 10.4. The summed E-state index contributed by atoms with van der Waals surface area (Å²) < 4.78 is 0. The molecule has 0 aromatic heterocycles. The predicted molar refractivity (Wildman–Crippen MR) is 137 cm³/mol. The molecular formula is C28H45N3O3. The summed E-state index contributed by atoms with van der Waals surface area (Å²) in [6, 6.07) is 5.35. The third kappa shape index (κ3) is 7.29. The lowest BCUT2D eigenvalue weighted by atomic mass is 9.75. The molecule has 2 fully saturated rings. The fourth-order valence-electron chi connectivity index (χ4n) is 5.75. The summed E-state index contributed by atoms with van der Waals surface area (Å²) >= 11 is 0. The molecular weight excluding hydrogens is 426 g/mol. The van der Waals surface area contributed by atoms with Gasteiger partial charge in [0.15, 0.2) is 0 Å². The molecule has 0 bridgehead atoms. The molecule has 1 aliphatic carbocycles. The summed E-state index contributed by atoms with van der Waals surface area (Å²) in [6.07, 6.45) is 10.1. The zero-order chi connectivity index (χ0) is 24.5. The van der Waals surface area contributed by atoms with E-state index in [2.05, 4.69) is 24.5 Å². The van der Waals surface area contributed by atoms with Gasteiger partial charge in [0.1, 0.15) is 0 Å². The van der Waals surface area contributed by atoms with Gasteiger partial charge in [-0.3, -0.25) is 9.59 Å². The zero-order valence-electron chi connectivity index (χ0n) is 21.4. The van der Waals surface area contributed by atoms with Crippen LogP contribution in [0.25, 0.3) is 0 Å². The van der Waals surface area contributed by atoms with E-state index in [1.165, 1.54) is 32.1 Å². The molecule has 3 unspecified atom stereocenters. The molecule has 0 spiro atoms. The Morgan fingerprint density at radius 3 is 2.29 bits per heavy atom. The van der Waals surface area contributed by atoms with Crippen LogP contribution in [0.2, 0.25) is 0 Å². The fraction of sp³-hybridized carbons (Fsp3) is 0.714. The van der Waals surface area contributed by atoms with Gasteiger partial charge in [0.05, 0.1) is 6.10 Å². The maximum Gasteiger partial charge on any atom is 0.253 e. The van der Waals surface area contributed by atoms with Gasteiger partial charge in [-0.1, -0.05) is 46.0 Å². The molecule has 1 saturated carbocycles. The van der Waals surface area contributed by atoms with Crippen LogP contribution in [0.5, 0.6) is 0 Å². The molecule has 1 aromatic carbocycles. The first kappa shape index (κ1) is 26.7. The van der Waals surface area contributed by atoms with Crippen molar-refractivity contribution in [3.8, 4) is 0 Å². The normalized spacial score (nSPS) is 22.2. The number of carbonyl (C=O) groups excluding carboxylic acids is 2. The smallest absolute Gasteiger partial charge is 0.253 e. The molecule has 190 valence electrons. The Hall–Kier alpha value is -1.92. The standard InChI is InChI=1S/C28H45N3O3/c1-4-13-31(14-5-2)28(34)24-16-20(3)15-23(17-24)27(33)30-19-26(32)25-12-11-22(18-29-25)21-9-7-6-8-10-21/h15-17,21-22,25-26,29,32H,4-14,18-19H2,1-3H3,(H,30,33). The monoisotopic (exact) mass is 471 g/mol. The highest BCUT2D eigenvalue weighted by atomic mass is 16.3. The average Bonchev–Trinajstić information content (AvgIpc) is 2.86. The van der Waals surface area contributed by atoms with Gasteiger partial charge in [-0.15, -0.1) is 0 Å².